The van der Waals surface area contributed by atoms with E-state index in [0.29, 0.717) is 19.4 Å². The van der Waals surface area contributed by atoms with Gasteiger partial charge in [0.1, 0.15) is 0 Å². The van der Waals surface area contributed by atoms with Crippen molar-refractivity contribution in [1.29, 1.82) is 0 Å². The zero-order valence-electron chi connectivity index (χ0n) is 12.3. The van der Waals surface area contributed by atoms with Gasteiger partial charge in [-0.3, -0.25) is 14.3 Å². The summed E-state index contributed by atoms with van der Waals surface area (Å²) in [5.74, 6) is -1.35. The Morgan fingerprint density at radius 2 is 1.86 bits per heavy atom. The lowest BCUT2D eigenvalue weighted by Crippen LogP contribution is -2.26. The number of carboxylic acid groups (broad SMARTS) is 1. The number of carboxylic acids is 1. The number of nitrogens with one attached hydrogen (secondary N) is 2. The molecule has 3 N–H and O–H groups in total. The van der Waals surface area contributed by atoms with Crippen molar-refractivity contribution in [2.75, 3.05) is 17.0 Å². The summed E-state index contributed by atoms with van der Waals surface area (Å²) in [4.78, 5) is 22.4. The van der Waals surface area contributed by atoms with Crippen LogP contribution in [0.2, 0.25) is 0 Å². The molecular weight excluding hydrogens is 308 g/mol. The van der Waals surface area contributed by atoms with Crippen molar-refractivity contribution in [3.05, 3.63) is 29.8 Å². The van der Waals surface area contributed by atoms with Gasteiger partial charge in [0.25, 0.3) is 5.91 Å². The lowest BCUT2D eigenvalue weighted by molar-refractivity contribution is -0.137. The Morgan fingerprint density at radius 3 is 2.50 bits per heavy atom. The second-order valence-electron chi connectivity index (χ2n) is 4.66. The number of carbonyl (C=O) groups is 2. The summed E-state index contributed by atoms with van der Waals surface area (Å²) in [6.45, 7) is 1.84. The number of carbonyl (C=O) groups excluding carboxylic acids is 1. The van der Waals surface area contributed by atoms with Crippen LogP contribution in [0.25, 0.3) is 0 Å². The van der Waals surface area contributed by atoms with E-state index < -0.39 is 21.9 Å². The van der Waals surface area contributed by atoms with Crippen LogP contribution in [0.4, 0.5) is 5.69 Å². The molecule has 0 aliphatic carbocycles. The van der Waals surface area contributed by atoms with Crippen LogP contribution in [0.15, 0.2) is 24.3 Å². The second kappa shape index (κ2) is 8.38. The predicted molar refractivity (Wildman–Crippen MR) is 83.3 cm³/mol. The molecule has 0 atom stereocenters. The molecule has 1 amide bonds. The minimum atomic E-state index is -3.46. The van der Waals surface area contributed by atoms with Gasteiger partial charge in [-0.1, -0.05) is 12.1 Å². The first kappa shape index (κ1) is 18.0. The van der Waals surface area contributed by atoms with Crippen molar-refractivity contribution < 1.29 is 23.1 Å². The minimum absolute atomic E-state index is 0.0583. The fraction of sp³-hybridized carbons (Fsp3) is 0.429. The van der Waals surface area contributed by atoms with Gasteiger partial charge in [0.05, 0.1) is 17.0 Å². The second-order valence-corrected chi connectivity index (χ2v) is 6.67. The van der Waals surface area contributed by atoms with Gasteiger partial charge in [0, 0.05) is 13.0 Å². The molecule has 0 saturated heterocycles. The number of amides is 1. The van der Waals surface area contributed by atoms with Gasteiger partial charge in [0.15, 0.2) is 0 Å². The number of rotatable bonds is 9. The first-order valence-electron chi connectivity index (χ1n) is 6.95. The van der Waals surface area contributed by atoms with Crippen LogP contribution >= 0.6 is 0 Å². The van der Waals surface area contributed by atoms with E-state index in [-0.39, 0.29) is 23.4 Å². The Labute approximate surface area is 129 Å². The molecule has 22 heavy (non-hydrogen) atoms. The van der Waals surface area contributed by atoms with Crippen molar-refractivity contribution in [2.45, 2.75) is 26.2 Å². The average Bonchev–Trinajstić information content (AvgIpc) is 2.46. The zero-order valence-corrected chi connectivity index (χ0v) is 13.1. The summed E-state index contributed by atoms with van der Waals surface area (Å²) >= 11 is 0. The van der Waals surface area contributed by atoms with Gasteiger partial charge < -0.3 is 10.4 Å². The summed E-state index contributed by atoms with van der Waals surface area (Å²) < 4.78 is 25.6. The molecule has 0 spiro atoms. The van der Waals surface area contributed by atoms with Crippen LogP contribution in [-0.4, -0.2) is 37.7 Å². The molecule has 0 aliphatic heterocycles. The number of hydrogen-bond donors (Lipinski definition) is 3. The van der Waals surface area contributed by atoms with Gasteiger partial charge >= 0.3 is 5.97 Å². The lowest BCUT2D eigenvalue weighted by Gasteiger charge is -2.11. The van der Waals surface area contributed by atoms with Crippen molar-refractivity contribution in [3.63, 3.8) is 0 Å². The van der Waals surface area contributed by atoms with E-state index in [1.54, 1.807) is 12.1 Å². The maximum absolute atomic E-state index is 12.1. The third-order valence-electron chi connectivity index (χ3n) is 2.92. The monoisotopic (exact) mass is 328 g/mol. The average molecular weight is 328 g/mol. The third kappa shape index (κ3) is 6.13. The highest BCUT2D eigenvalue weighted by molar-refractivity contribution is 7.92. The van der Waals surface area contributed by atoms with Crippen molar-refractivity contribution in [2.24, 2.45) is 0 Å². The third-order valence-corrected chi connectivity index (χ3v) is 4.21. The van der Waals surface area contributed by atoms with Crippen LogP contribution in [0.5, 0.6) is 0 Å². The fourth-order valence-corrected chi connectivity index (χ4v) is 2.37. The highest BCUT2D eigenvalue weighted by Crippen LogP contribution is 2.16. The molecule has 0 unspecified atom stereocenters. The lowest BCUT2D eigenvalue weighted by atomic mass is 10.1. The molecule has 0 aromatic heterocycles. The first-order valence-corrected chi connectivity index (χ1v) is 8.60. The van der Waals surface area contributed by atoms with E-state index in [1.807, 2.05) is 0 Å². The molecule has 0 heterocycles. The van der Waals surface area contributed by atoms with E-state index in [4.69, 9.17) is 5.11 Å². The number of aliphatic carboxylic acids is 1. The Morgan fingerprint density at radius 1 is 1.18 bits per heavy atom. The Balaban J connectivity index is 2.64. The van der Waals surface area contributed by atoms with Crippen LogP contribution < -0.4 is 10.0 Å². The highest BCUT2D eigenvalue weighted by atomic mass is 32.2. The maximum Gasteiger partial charge on any atom is 0.303 e. The topological polar surface area (TPSA) is 113 Å². The molecule has 0 saturated carbocycles. The number of unbranched alkanes of at least 4 members (excludes halogenated alkanes) is 1. The zero-order chi connectivity index (χ0) is 16.6. The van der Waals surface area contributed by atoms with E-state index in [2.05, 4.69) is 10.0 Å². The van der Waals surface area contributed by atoms with E-state index in [9.17, 15) is 18.0 Å². The smallest absolute Gasteiger partial charge is 0.303 e. The quantitative estimate of drug-likeness (QED) is 0.594. The van der Waals surface area contributed by atoms with Crippen molar-refractivity contribution in [3.8, 4) is 0 Å². The summed E-state index contributed by atoms with van der Waals surface area (Å²) in [5.41, 5.74) is 0.463. The normalized spacial score (nSPS) is 11.0. The predicted octanol–water partition coefficient (Wildman–Crippen LogP) is 1.43. The molecule has 0 aliphatic rings. The number of anilines is 1. The van der Waals surface area contributed by atoms with Crippen molar-refractivity contribution >= 4 is 27.6 Å². The molecule has 7 nitrogen and oxygen atoms in total. The number of hydrogen-bond acceptors (Lipinski definition) is 4. The van der Waals surface area contributed by atoms with Crippen molar-refractivity contribution in [1.82, 2.24) is 5.32 Å². The Kier molecular flexibility index (Phi) is 6.84. The van der Waals surface area contributed by atoms with E-state index >= 15 is 0 Å². The summed E-state index contributed by atoms with van der Waals surface area (Å²) in [7, 11) is -3.46. The van der Waals surface area contributed by atoms with Crippen LogP contribution in [0.1, 0.15) is 36.5 Å². The highest BCUT2D eigenvalue weighted by Gasteiger charge is 2.14. The molecule has 1 aromatic carbocycles. The number of para-hydroxylation sites is 1. The Bertz CT molecular complexity index is 628. The first-order chi connectivity index (χ1) is 10.4. The molecule has 0 bridgehead atoms. The summed E-state index contributed by atoms with van der Waals surface area (Å²) in [6.07, 6.45) is 1.07. The van der Waals surface area contributed by atoms with Gasteiger partial charge in [0.2, 0.25) is 10.0 Å². The molecule has 0 fully saturated rings. The minimum Gasteiger partial charge on any atom is -0.481 e. The van der Waals surface area contributed by atoms with E-state index in [1.165, 1.54) is 19.1 Å². The summed E-state index contributed by atoms with van der Waals surface area (Å²) in [5, 5.41) is 11.2. The molecule has 1 rings (SSSR count). The van der Waals surface area contributed by atoms with Crippen LogP contribution in [0, 0.1) is 0 Å². The molecule has 0 radical (unpaired) electrons. The fourth-order valence-electron chi connectivity index (χ4n) is 1.71. The van der Waals surface area contributed by atoms with Gasteiger partial charge in [-0.2, -0.15) is 0 Å². The number of sulfonamides is 1. The van der Waals surface area contributed by atoms with Gasteiger partial charge in [-0.05, 0) is 31.9 Å². The SMILES string of the molecule is CCS(=O)(=O)Nc1ccccc1C(=O)NCCCCC(=O)O. The van der Waals surface area contributed by atoms with Gasteiger partial charge in [-0.25, -0.2) is 8.42 Å². The van der Waals surface area contributed by atoms with Crippen LogP contribution in [-0.2, 0) is 14.8 Å². The van der Waals surface area contributed by atoms with E-state index in [0.717, 1.165) is 0 Å². The maximum atomic E-state index is 12.1. The van der Waals surface area contributed by atoms with Gasteiger partial charge in [-0.15, -0.1) is 0 Å². The van der Waals surface area contributed by atoms with Crippen LogP contribution in [0.3, 0.4) is 0 Å². The molecule has 8 heteroatoms. The number of benzene rings is 1. The molecule has 122 valence electrons. The summed E-state index contributed by atoms with van der Waals surface area (Å²) in [6, 6.07) is 6.33. The molecule has 1 aromatic rings. The Hall–Kier alpha value is -2.09. The largest absolute Gasteiger partial charge is 0.481 e. The molecular formula is C14H20N2O5S. The standard InChI is InChI=1S/C14H20N2O5S/c1-2-22(20,21)16-12-8-4-3-7-11(12)14(19)15-10-6-5-9-13(17)18/h3-4,7-8,16H,2,5-6,9-10H2,1H3,(H,15,19)(H,17,18).